The summed E-state index contributed by atoms with van der Waals surface area (Å²) in [7, 11) is -1.78. The van der Waals surface area contributed by atoms with Crippen LogP contribution in [0.5, 0.6) is 17.2 Å². The summed E-state index contributed by atoms with van der Waals surface area (Å²) in [6.07, 6.45) is 1.56. The second-order valence-electron chi connectivity index (χ2n) is 7.51. The molecular formula is C24H17ClN2O8S3. The number of carbonyl (C=O) groups excluding carboxylic acids is 1. The average Bonchev–Trinajstić information content (AvgIpc) is 3.16. The van der Waals surface area contributed by atoms with Crippen LogP contribution in [-0.4, -0.2) is 37.8 Å². The van der Waals surface area contributed by atoms with Gasteiger partial charge in [-0.1, -0.05) is 53.8 Å². The van der Waals surface area contributed by atoms with Crippen LogP contribution in [0.1, 0.15) is 5.56 Å². The van der Waals surface area contributed by atoms with Crippen molar-refractivity contribution in [1.29, 1.82) is 0 Å². The van der Waals surface area contributed by atoms with Gasteiger partial charge >= 0.3 is 10.1 Å². The minimum Gasteiger partial charge on any atom is -0.495 e. The normalized spacial score (nSPS) is 14.6. The van der Waals surface area contributed by atoms with Crippen LogP contribution in [0, 0.1) is 10.1 Å². The molecule has 0 aliphatic carbocycles. The van der Waals surface area contributed by atoms with Gasteiger partial charge in [0.1, 0.15) is 5.75 Å². The van der Waals surface area contributed by atoms with Gasteiger partial charge in [-0.05, 0) is 48.0 Å². The number of halogens is 1. The van der Waals surface area contributed by atoms with Crippen LogP contribution < -0.4 is 18.6 Å². The first-order chi connectivity index (χ1) is 18.1. The fourth-order valence-corrected chi connectivity index (χ4v) is 6.12. The standard InChI is InChI=1S/C24H17ClN2O8S3/c1-33-18-10-8-15(13-16(18)25)26-23(28)21(37-24(26)36)12-14-7-9-19(20(11-14)34-2)35-38(31,32)22-6-4-3-5-17(22)27(29)30/h3-13H,1-2H3/b21-12-. The molecule has 1 aliphatic rings. The summed E-state index contributed by atoms with van der Waals surface area (Å²) in [5.41, 5.74) is 0.344. The number of rotatable bonds is 8. The van der Waals surface area contributed by atoms with Crippen molar-refractivity contribution < 1.29 is 31.8 Å². The number of benzene rings is 3. The highest BCUT2D eigenvalue weighted by atomic mass is 35.5. The molecule has 0 bridgehead atoms. The first kappa shape index (κ1) is 27.4. The van der Waals surface area contributed by atoms with Gasteiger partial charge in [0.25, 0.3) is 11.6 Å². The van der Waals surface area contributed by atoms with E-state index in [0.29, 0.717) is 31.2 Å². The number of carbonyl (C=O) groups is 1. The molecule has 0 unspecified atom stereocenters. The van der Waals surface area contributed by atoms with Crippen molar-refractivity contribution in [3.05, 3.63) is 86.3 Å². The van der Waals surface area contributed by atoms with E-state index in [9.17, 15) is 23.3 Å². The van der Waals surface area contributed by atoms with Crippen LogP contribution in [0.4, 0.5) is 11.4 Å². The Bertz CT molecular complexity index is 1610. The molecule has 0 atom stereocenters. The Kier molecular flexibility index (Phi) is 7.92. The molecule has 10 nitrogen and oxygen atoms in total. The van der Waals surface area contributed by atoms with Gasteiger partial charge in [0, 0.05) is 6.07 Å². The smallest absolute Gasteiger partial charge is 0.346 e. The molecule has 0 spiro atoms. The van der Waals surface area contributed by atoms with Crippen molar-refractivity contribution in [3.8, 4) is 17.2 Å². The second-order valence-corrected chi connectivity index (χ2v) is 11.1. The fourth-order valence-electron chi connectivity index (χ4n) is 3.46. The van der Waals surface area contributed by atoms with E-state index >= 15 is 0 Å². The predicted molar refractivity (Wildman–Crippen MR) is 148 cm³/mol. The summed E-state index contributed by atoms with van der Waals surface area (Å²) in [5, 5.41) is 11.6. The van der Waals surface area contributed by atoms with Gasteiger partial charge < -0.3 is 13.7 Å². The SMILES string of the molecule is COc1ccc(N2C(=O)/C(=C/c3ccc(OS(=O)(=O)c4ccccc4[N+](=O)[O-])c(OC)c3)SC2=S)cc1Cl. The van der Waals surface area contributed by atoms with E-state index in [4.69, 9.17) is 37.5 Å². The lowest BCUT2D eigenvalue weighted by Gasteiger charge is -2.15. The van der Waals surface area contributed by atoms with Gasteiger partial charge in [-0.3, -0.25) is 19.8 Å². The summed E-state index contributed by atoms with van der Waals surface area (Å²) < 4.78 is 41.5. The predicted octanol–water partition coefficient (Wildman–Crippen LogP) is 5.44. The zero-order valence-electron chi connectivity index (χ0n) is 19.6. The van der Waals surface area contributed by atoms with Crippen molar-refractivity contribution in [1.82, 2.24) is 0 Å². The zero-order valence-corrected chi connectivity index (χ0v) is 22.8. The summed E-state index contributed by atoms with van der Waals surface area (Å²) in [6, 6.07) is 14.0. The molecule has 196 valence electrons. The van der Waals surface area contributed by atoms with Crippen molar-refractivity contribution >= 4 is 73.4 Å². The number of thioether (sulfide) groups is 1. The summed E-state index contributed by atoms with van der Waals surface area (Å²) >= 11 is 12.7. The van der Waals surface area contributed by atoms with Crippen molar-refractivity contribution in [2.75, 3.05) is 19.1 Å². The number of ether oxygens (including phenoxy) is 2. The van der Waals surface area contributed by atoms with Crippen LogP contribution in [0.2, 0.25) is 5.02 Å². The maximum Gasteiger partial charge on any atom is 0.346 e. The van der Waals surface area contributed by atoms with Gasteiger partial charge in [-0.2, -0.15) is 8.42 Å². The molecule has 1 aliphatic heterocycles. The van der Waals surface area contributed by atoms with E-state index < -0.39 is 25.6 Å². The van der Waals surface area contributed by atoms with E-state index in [1.807, 2.05) is 0 Å². The summed E-state index contributed by atoms with van der Waals surface area (Å²) in [6.45, 7) is 0. The molecule has 1 heterocycles. The number of methoxy groups -OCH3 is 2. The topological polar surface area (TPSA) is 125 Å². The first-order valence-electron chi connectivity index (χ1n) is 10.5. The lowest BCUT2D eigenvalue weighted by Crippen LogP contribution is -2.27. The molecule has 3 aromatic carbocycles. The lowest BCUT2D eigenvalue weighted by molar-refractivity contribution is -0.387. The van der Waals surface area contributed by atoms with Gasteiger partial charge in [0.15, 0.2) is 20.7 Å². The van der Waals surface area contributed by atoms with Crippen molar-refractivity contribution in [2.45, 2.75) is 4.90 Å². The van der Waals surface area contributed by atoms with Gasteiger partial charge in [-0.25, -0.2) is 0 Å². The van der Waals surface area contributed by atoms with Gasteiger partial charge in [-0.15, -0.1) is 0 Å². The third-order valence-corrected chi connectivity index (χ3v) is 8.08. The Morgan fingerprint density at radius 2 is 1.71 bits per heavy atom. The molecule has 1 fully saturated rings. The minimum absolute atomic E-state index is 0.0262. The highest BCUT2D eigenvalue weighted by Gasteiger charge is 2.34. The molecule has 3 aromatic rings. The number of thiocarbonyl (C=S) groups is 1. The Balaban J connectivity index is 1.61. The average molecular weight is 593 g/mol. The van der Waals surface area contributed by atoms with E-state index in [1.165, 1.54) is 49.5 Å². The van der Waals surface area contributed by atoms with Crippen LogP contribution in [0.15, 0.2) is 70.5 Å². The number of hydrogen-bond acceptors (Lipinski definition) is 10. The third-order valence-electron chi connectivity index (χ3n) is 5.20. The molecule has 0 N–H and O–H groups in total. The zero-order chi connectivity index (χ0) is 27.6. The molecule has 1 amide bonds. The number of nitro benzene ring substituents is 1. The number of para-hydroxylation sites is 1. The molecule has 0 saturated carbocycles. The highest BCUT2D eigenvalue weighted by Crippen LogP contribution is 2.39. The molecule has 0 radical (unpaired) electrons. The number of anilines is 1. The van der Waals surface area contributed by atoms with Crippen LogP contribution >= 0.6 is 35.6 Å². The van der Waals surface area contributed by atoms with Crippen LogP contribution in [-0.2, 0) is 14.9 Å². The van der Waals surface area contributed by atoms with Crippen molar-refractivity contribution in [2.24, 2.45) is 0 Å². The molecule has 14 heteroatoms. The van der Waals surface area contributed by atoms with Gasteiger partial charge in [0.2, 0.25) is 0 Å². The third kappa shape index (κ3) is 5.45. The van der Waals surface area contributed by atoms with Crippen LogP contribution in [0.3, 0.4) is 0 Å². The van der Waals surface area contributed by atoms with E-state index in [-0.39, 0.29) is 17.4 Å². The molecule has 1 saturated heterocycles. The van der Waals surface area contributed by atoms with E-state index in [1.54, 1.807) is 24.3 Å². The number of hydrogen-bond donors (Lipinski definition) is 0. The van der Waals surface area contributed by atoms with E-state index in [2.05, 4.69) is 0 Å². The molecule has 38 heavy (non-hydrogen) atoms. The molecule has 4 rings (SSSR count). The fraction of sp³-hybridized carbons (Fsp3) is 0.0833. The summed E-state index contributed by atoms with van der Waals surface area (Å²) in [4.78, 5) is 24.6. The van der Waals surface area contributed by atoms with Crippen LogP contribution in [0.25, 0.3) is 6.08 Å². The first-order valence-corrected chi connectivity index (χ1v) is 13.5. The van der Waals surface area contributed by atoms with E-state index in [0.717, 1.165) is 23.9 Å². The highest BCUT2D eigenvalue weighted by molar-refractivity contribution is 8.27. The Morgan fingerprint density at radius 3 is 2.37 bits per heavy atom. The number of nitro groups is 1. The maximum atomic E-state index is 13.1. The maximum absolute atomic E-state index is 13.1. The Hall–Kier alpha value is -3.65. The monoisotopic (exact) mass is 592 g/mol. The molecular weight excluding hydrogens is 576 g/mol. The molecule has 0 aromatic heterocycles. The Labute approximate surface area is 232 Å². The quantitative estimate of drug-likeness (QED) is 0.110. The minimum atomic E-state index is -4.56. The van der Waals surface area contributed by atoms with Crippen molar-refractivity contribution in [3.63, 3.8) is 0 Å². The number of nitrogens with zero attached hydrogens (tertiary/aromatic N) is 2. The largest absolute Gasteiger partial charge is 0.495 e. The lowest BCUT2D eigenvalue weighted by atomic mass is 10.2. The summed E-state index contributed by atoms with van der Waals surface area (Å²) in [5.74, 6) is -0.0873. The number of amides is 1. The van der Waals surface area contributed by atoms with Gasteiger partial charge in [0.05, 0.1) is 34.8 Å². The second kappa shape index (κ2) is 11.0. The Morgan fingerprint density at radius 1 is 1.03 bits per heavy atom.